The first-order valence-corrected chi connectivity index (χ1v) is 7.75. The Kier molecular flexibility index (Phi) is 6.94. The molecule has 1 saturated carbocycles. The van der Waals surface area contributed by atoms with Crippen LogP contribution in [0.25, 0.3) is 0 Å². The molecule has 0 radical (unpaired) electrons. The smallest absolute Gasteiger partial charge is 0.230 e. The second kappa shape index (κ2) is 7.99. The number of nitrogens with one attached hydrogen (secondary N) is 2. The molecular weight excluding hydrogens is 290 g/mol. The topological polar surface area (TPSA) is 61.4 Å². The molecule has 0 atom stereocenters. The van der Waals surface area contributed by atoms with Gasteiger partial charge in [0.05, 0.1) is 5.41 Å². The normalized spacial score (nSPS) is 21.4. The van der Waals surface area contributed by atoms with E-state index in [4.69, 9.17) is 0 Å². The monoisotopic (exact) mass is 317 g/mol. The van der Waals surface area contributed by atoms with Crippen LogP contribution < -0.4 is 10.6 Å². The van der Waals surface area contributed by atoms with Gasteiger partial charge in [0.25, 0.3) is 0 Å². The SMILES string of the molecule is CN(C)C(=O)C1(CNC(=O)C2CCNCC2)CCCC1.Cl. The van der Waals surface area contributed by atoms with Gasteiger partial charge in [0, 0.05) is 26.6 Å². The first kappa shape index (κ1) is 18.2. The van der Waals surface area contributed by atoms with Crippen LogP contribution in [0.1, 0.15) is 38.5 Å². The van der Waals surface area contributed by atoms with Gasteiger partial charge in [-0.3, -0.25) is 9.59 Å². The Morgan fingerprint density at radius 3 is 2.29 bits per heavy atom. The molecule has 1 aliphatic heterocycles. The summed E-state index contributed by atoms with van der Waals surface area (Å²) in [7, 11) is 3.61. The lowest BCUT2D eigenvalue weighted by atomic mass is 9.84. The highest BCUT2D eigenvalue weighted by Gasteiger charge is 2.42. The van der Waals surface area contributed by atoms with E-state index < -0.39 is 0 Å². The minimum atomic E-state index is -0.355. The van der Waals surface area contributed by atoms with Crippen LogP contribution in [0.4, 0.5) is 0 Å². The molecular formula is C15H28ClN3O2. The molecule has 0 aromatic rings. The van der Waals surface area contributed by atoms with E-state index in [0.717, 1.165) is 51.6 Å². The number of carbonyl (C=O) groups excluding carboxylic acids is 2. The minimum Gasteiger partial charge on any atom is -0.355 e. The predicted octanol–water partition coefficient (Wildman–Crippen LogP) is 1.17. The Hall–Kier alpha value is -0.810. The molecule has 0 aromatic heterocycles. The fourth-order valence-corrected chi connectivity index (χ4v) is 3.48. The molecule has 2 aliphatic rings. The molecule has 0 aromatic carbocycles. The zero-order valence-electron chi connectivity index (χ0n) is 13.1. The highest BCUT2D eigenvalue weighted by Crippen LogP contribution is 2.39. The number of hydrogen-bond acceptors (Lipinski definition) is 3. The predicted molar refractivity (Wildman–Crippen MR) is 85.4 cm³/mol. The molecule has 2 rings (SSSR count). The molecule has 1 saturated heterocycles. The first-order chi connectivity index (χ1) is 9.55. The number of rotatable bonds is 4. The number of piperidine rings is 1. The van der Waals surface area contributed by atoms with E-state index in [9.17, 15) is 9.59 Å². The molecule has 2 N–H and O–H groups in total. The third kappa shape index (κ3) is 4.33. The Labute approximate surface area is 133 Å². The Morgan fingerprint density at radius 2 is 1.76 bits per heavy atom. The van der Waals surface area contributed by atoms with Gasteiger partial charge >= 0.3 is 0 Å². The van der Waals surface area contributed by atoms with Crippen molar-refractivity contribution in [3.63, 3.8) is 0 Å². The lowest BCUT2D eigenvalue weighted by molar-refractivity contribution is -0.139. The summed E-state index contributed by atoms with van der Waals surface area (Å²) in [6, 6.07) is 0. The number of nitrogens with zero attached hydrogens (tertiary/aromatic N) is 1. The molecule has 122 valence electrons. The summed E-state index contributed by atoms with van der Waals surface area (Å²) in [6.07, 6.45) is 5.78. The summed E-state index contributed by atoms with van der Waals surface area (Å²) in [4.78, 5) is 26.3. The average Bonchev–Trinajstić information content (AvgIpc) is 2.94. The fourth-order valence-electron chi connectivity index (χ4n) is 3.48. The van der Waals surface area contributed by atoms with Crippen molar-refractivity contribution in [2.75, 3.05) is 33.7 Å². The van der Waals surface area contributed by atoms with Gasteiger partial charge in [-0.15, -0.1) is 12.4 Å². The summed E-state index contributed by atoms with van der Waals surface area (Å²) in [5, 5.41) is 6.32. The van der Waals surface area contributed by atoms with Gasteiger partial charge in [0.1, 0.15) is 0 Å². The lowest BCUT2D eigenvalue weighted by Crippen LogP contribution is -2.48. The molecule has 0 bridgehead atoms. The average molecular weight is 318 g/mol. The standard InChI is InChI=1S/C15H27N3O2.ClH/c1-18(2)14(20)15(7-3-4-8-15)11-17-13(19)12-5-9-16-10-6-12;/h12,16H,3-11H2,1-2H3,(H,17,19);1H. The zero-order valence-corrected chi connectivity index (χ0v) is 13.9. The van der Waals surface area contributed by atoms with Gasteiger partial charge in [-0.2, -0.15) is 0 Å². The maximum atomic E-state index is 12.4. The number of amides is 2. The van der Waals surface area contributed by atoms with Crippen molar-refractivity contribution in [1.29, 1.82) is 0 Å². The van der Waals surface area contributed by atoms with Crippen LogP contribution in [0.5, 0.6) is 0 Å². The van der Waals surface area contributed by atoms with Gasteiger partial charge in [-0.05, 0) is 38.8 Å². The van der Waals surface area contributed by atoms with Crippen molar-refractivity contribution < 1.29 is 9.59 Å². The Morgan fingerprint density at radius 1 is 1.19 bits per heavy atom. The van der Waals surface area contributed by atoms with Crippen molar-refractivity contribution in [3.8, 4) is 0 Å². The maximum absolute atomic E-state index is 12.4. The zero-order chi connectivity index (χ0) is 14.6. The third-order valence-electron chi connectivity index (χ3n) is 4.73. The van der Waals surface area contributed by atoms with Crippen LogP contribution in [-0.4, -0.2) is 50.4 Å². The highest BCUT2D eigenvalue weighted by atomic mass is 35.5. The Bertz CT molecular complexity index is 362. The van der Waals surface area contributed by atoms with E-state index in [2.05, 4.69) is 10.6 Å². The van der Waals surface area contributed by atoms with Gasteiger partial charge in [0.15, 0.2) is 0 Å². The summed E-state index contributed by atoms with van der Waals surface area (Å²) in [5.74, 6) is 0.411. The van der Waals surface area contributed by atoms with Crippen molar-refractivity contribution in [1.82, 2.24) is 15.5 Å². The van der Waals surface area contributed by atoms with Crippen molar-refractivity contribution in [3.05, 3.63) is 0 Å². The third-order valence-corrected chi connectivity index (χ3v) is 4.73. The van der Waals surface area contributed by atoms with Crippen LogP contribution in [0.2, 0.25) is 0 Å². The second-order valence-electron chi connectivity index (χ2n) is 6.43. The van der Waals surface area contributed by atoms with Crippen molar-refractivity contribution >= 4 is 24.2 Å². The van der Waals surface area contributed by atoms with Crippen LogP contribution in [-0.2, 0) is 9.59 Å². The fraction of sp³-hybridized carbons (Fsp3) is 0.867. The summed E-state index contributed by atoms with van der Waals surface area (Å²) < 4.78 is 0. The quantitative estimate of drug-likeness (QED) is 0.818. The molecule has 21 heavy (non-hydrogen) atoms. The van der Waals surface area contributed by atoms with Crippen LogP contribution in [0.15, 0.2) is 0 Å². The first-order valence-electron chi connectivity index (χ1n) is 7.75. The van der Waals surface area contributed by atoms with Crippen molar-refractivity contribution in [2.24, 2.45) is 11.3 Å². The van der Waals surface area contributed by atoms with E-state index in [0.29, 0.717) is 6.54 Å². The van der Waals surface area contributed by atoms with E-state index in [1.165, 1.54) is 0 Å². The van der Waals surface area contributed by atoms with Crippen LogP contribution >= 0.6 is 12.4 Å². The molecule has 1 heterocycles. The van der Waals surface area contributed by atoms with Gasteiger partial charge in [-0.25, -0.2) is 0 Å². The van der Waals surface area contributed by atoms with E-state index in [1.807, 2.05) is 0 Å². The molecule has 1 aliphatic carbocycles. The molecule has 2 fully saturated rings. The van der Waals surface area contributed by atoms with E-state index >= 15 is 0 Å². The summed E-state index contributed by atoms with van der Waals surface area (Å²) in [6.45, 7) is 2.34. The van der Waals surface area contributed by atoms with E-state index in [1.54, 1.807) is 19.0 Å². The van der Waals surface area contributed by atoms with Crippen LogP contribution in [0.3, 0.4) is 0 Å². The van der Waals surface area contributed by atoms with Crippen molar-refractivity contribution in [2.45, 2.75) is 38.5 Å². The highest BCUT2D eigenvalue weighted by molar-refractivity contribution is 5.85. The molecule has 5 nitrogen and oxygen atoms in total. The van der Waals surface area contributed by atoms with Gasteiger partial charge in [0.2, 0.25) is 11.8 Å². The maximum Gasteiger partial charge on any atom is 0.230 e. The van der Waals surface area contributed by atoms with E-state index in [-0.39, 0.29) is 35.6 Å². The summed E-state index contributed by atoms with van der Waals surface area (Å²) >= 11 is 0. The largest absolute Gasteiger partial charge is 0.355 e. The molecule has 2 amide bonds. The molecule has 0 unspecified atom stereocenters. The number of hydrogen-bond donors (Lipinski definition) is 2. The lowest BCUT2D eigenvalue weighted by Gasteiger charge is -2.32. The van der Waals surface area contributed by atoms with Crippen LogP contribution in [0, 0.1) is 11.3 Å². The molecule has 6 heteroatoms. The number of carbonyl (C=O) groups is 2. The molecule has 0 spiro atoms. The number of halogens is 1. The summed E-state index contributed by atoms with van der Waals surface area (Å²) in [5.41, 5.74) is -0.355. The Balaban J connectivity index is 0.00000220. The second-order valence-corrected chi connectivity index (χ2v) is 6.43. The van der Waals surface area contributed by atoms with Gasteiger partial charge in [-0.1, -0.05) is 12.8 Å². The minimum absolute atomic E-state index is 0. The van der Waals surface area contributed by atoms with Gasteiger partial charge < -0.3 is 15.5 Å².